The smallest absolute Gasteiger partial charge is 0.191 e. The number of guanidine groups is 1. The van der Waals surface area contributed by atoms with Gasteiger partial charge < -0.3 is 15.4 Å². The number of likely N-dealkylation sites (tertiary alicyclic amines) is 1. The third kappa shape index (κ3) is 6.10. The average molecular weight is 366 g/mol. The van der Waals surface area contributed by atoms with Crippen molar-refractivity contribution in [2.75, 3.05) is 53.0 Å². The molecular weight excluding hydrogens is 326 g/mol. The molecule has 3 fully saturated rings. The zero-order chi connectivity index (χ0) is 18.2. The molecule has 1 aliphatic heterocycles. The molecule has 2 aliphatic carbocycles. The van der Waals surface area contributed by atoms with Crippen LogP contribution in [0.25, 0.3) is 0 Å². The van der Waals surface area contributed by atoms with Crippen molar-refractivity contribution in [1.82, 2.24) is 20.4 Å². The van der Waals surface area contributed by atoms with Gasteiger partial charge in [-0.2, -0.15) is 0 Å². The number of nitrogens with zero attached hydrogens (tertiary/aromatic N) is 3. The second kappa shape index (κ2) is 10.5. The lowest BCUT2D eigenvalue weighted by molar-refractivity contribution is 0.145. The highest BCUT2D eigenvalue weighted by Gasteiger charge is 2.30. The number of aliphatic imine (C=N–C) groups is 1. The summed E-state index contributed by atoms with van der Waals surface area (Å²) in [7, 11) is 1.78. The van der Waals surface area contributed by atoms with Gasteiger partial charge in [0.05, 0.1) is 13.2 Å². The fourth-order valence-electron chi connectivity index (χ4n) is 4.43. The summed E-state index contributed by atoms with van der Waals surface area (Å²) in [5, 5.41) is 7.12. The zero-order valence-corrected chi connectivity index (χ0v) is 16.9. The van der Waals surface area contributed by atoms with Crippen LogP contribution in [0.5, 0.6) is 0 Å². The SMILES string of the molecule is CCNC(=NCCN(CCOC)C1CC1)NC1CCN(C2CCCC2)C1. The summed E-state index contributed by atoms with van der Waals surface area (Å²) in [6, 6.07) is 2.15. The molecule has 1 saturated heterocycles. The second-order valence-electron chi connectivity index (χ2n) is 8.08. The van der Waals surface area contributed by atoms with Gasteiger partial charge in [0.1, 0.15) is 0 Å². The number of hydrogen-bond acceptors (Lipinski definition) is 4. The van der Waals surface area contributed by atoms with Crippen molar-refractivity contribution in [2.24, 2.45) is 4.99 Å². The fraction of sp³-hybridized carbons (Fsp3) is 0.950. The van der Waals surface area contributed by atoms with Gasteiger partial charge in [-0.1, -0.05) is 12.8 Å². The third-order valence-corrected chi connectivity index (χ3v) is 6.05. The van der Waals surface area contributed by atoms with Crippen LogP contribution < -0.4 is 10.6 Å². The quantitative estimate of drug-likeness (QED) is 0.456. The summed E-state index contributed by atoms with van der Waals surface area (Å²) in [4.78, 5) is 10.1. The van der Waals surface area contributed by atoms with Crippen LogP contribution >= 0.6 is 0 Å². The molecule has 1 heterocycles. The van der Waals surface area contributed by atoms with Gasteiger partial charge in [-0.25, -0.2) is 0 Å². The van der Waals surface area contributed by atoms with Gasteiger partial charge in [0.2, 0.25) is 0 Å². The van der Waals surface area contributed by atoms with Crippen LogP contribution in [0.15, 0.2) is 4.99 Å². The van der Waals surface area contributed by atoms with Crippen LogP contribution in [0.2, 0.25) is 0 Å². The Kier molecular flexibility index (Phi) is 8.02. The minimum absolute atomic E-state index is 0.543. The second-order valence-corrected chi connectivity index (χ2v) is 8.08. The summed E-state index contributed by atoms with van der Waals surface area (Å²) in [5.41, 5.74) is 0. The van der Waals surface area contributed by atoms with E-state index in [9.17, 15) is 0 Å². The summed E-state index contributed by atoms with van der Waals surface area (Å²) in [6.07, 6.45) is 9.56. The number of rotatable bonds is 10. The van der Waals surface area contributed by atoms with Crippen LogP contribution in [-0.4, -0.2) is 86.9 Å². The minimum atomic E-state index is 0.543. The predicted molar refractivity (Wildman–Crippen MR) is 108 cm³/mol. The van der Waals surface area contributed by atoms with Gasteiger partial charge in [-0.05, 0) is 39.0 Å². The van der Waals surface area contributed by atoms with Gasteiger partial charge in [-0.3, -0.25) is 14.8 Å². The Morgan fingerprint density at radius 1 is 1.15 bits per heavy atom. The first-order valence-corrected chi connectivity index (χ1v) is 10.8. The predicted octanol–water partition coefficient (Wildman–Crippen LogP) is 1.67. The Labute approximate surface area is 159 Å². The minimum Gasteiger partial charge on any atom is -0.383 e. The van der Waals surface area contributed by atoms with Crippen molar-refractivity contribution < 1.29 is 4.74 Å². The van der Waals surface area contributed by atoms with Gasteiger partial charge >= 0.3 is 0 Å². The molecule has 0 aromatic carbocycles. The van der Waals surface area contributed by atoms with E-state index in [1.807, 2.05) is 0 Å². The Morgan fingerprint density at radius 3 is 2.65 bits per heavy atom. The van der Waals surface area contributed by atoms with E-state index in [2.05, 4.69) is 27.4 Å². The van der Waals surface area contributed by atoms with E-state index in [1.165, 1.54) is 58.0 Å². The van der Waals surface area contributed by atoms with Gasteiger partial charge in [-0.15, -0.1) is 0 Å². The summed E-state index contributed by atoms with van der Waals surface area (Å²) >= 11 is 0. The monoisotopic (exact) mass is 365 g/mol. The van der Waals surface area contributed by atoms with Crippen molar-refractivity contribution in [2.45, 2.75) is 70.0 Å². The molecule has 3 rings (SSSR count). The lowest BCUT2D eigenvalue weighted by Crippen LogP contribution is -2.45. The Morgan fingerprint density at radius 2 is 1.96 bits per heavy atom. The average Bonchev–Trinajstić information content (AvgIpc) is 3.14. The molecule has 26 heavy (non-hydrogen) atoms. The molecule has 0 spiro atoms. The standard InChI is InChI=1S/C20H39N5O/c1-3-21-20(22-11-13-24(14-15-26-2)19-8-9-19)23-17-10-12-25(16-17)18-6-4-5-7-18/h17-19H,3-16H2,1-2H3,(H2,21,22,23). The van der Waals surface area contributed by atoms with Crippen molar-refractivity contribution in [3.63, 3.8) is 0 Å². The third-order valence-electron chi connectivity index (χ3n) is 6.05. The molecular formula is C20H39N5O. The van der Waals surface area contributed by atoms with E-state index < -0.39 is 0 Å². The van der Waals surface area contributed by atoms with Crippen molar-refractivity contribution >= 4 is 5.96 Å². The maximum atomic E-state index is 5.25. The lowest BCUT2D eigenvalue weighted by atomic mass is 10.2. The van der Waals surface area contributed by atoms with Crippen molar-refractivity contribution in [3.05, 3.63) is 0 Å². The largest absolute Gasteiger partial charge is 0.383 e. The van der Waals surface area contributed by atoms with Crippen LogP contribution in [0, 0.1) is 0 Å². The van der Waals surface area contributed by atoms with E-state index in [0.717, 1.165) is 50.8 Å². The van der Waals surface area contributed by atoms with Crippen LogP contribution in [0.3, 0.4) is 0 Å². The molecule has 6 heteroatoms. The zero-order valence-electron chi connectivity index (χ0n) is 16.9. The van der Waals surface area contributed by atoms with Crippen LogP contribution in [0.1, 0.15) is 51.9 Å². The van der Waals surface area contributed by atoms with E-state index in [1.54, 1.807) is 7.11 Å². The molecule has 6 nitrogen and oxygen atoms in total. The Bertz CT molecular complexity index is 434. The van der Waals surface area contributed by atoms with E-state index in [0.29, 0.717) is 6.04 Å². The highest BCUT2D eigenvalue weighted by molar-refractivity contribution is 5.80. The van der Waals surface area contributed by atoms with Gasteiger partial charge in [0.15, 0.2) is 5.96 Å². The van der Waals surface area contributed by atoms with E-state index in [4.69, 9.17) is 9.73 Å². The molecule has 1 unspecified atom stereocenters. The number of ether oxygens (including phenoxy) is 1. The number of methoxy groups -OCH3 is 1. The topological polar surface area (TPSA) is 52.1 Å². The molecule has 0 aromatic heterocycles. The van der Waals surface area contributed by atoms with Crippen LogP contribution in [-0.2, 0) is 4.74 Å². The van der Waals surface area contributed by atoms with E-state index in [-0.39, 0.29) is 0 Å². The maximum absolute atomic E-state index is 5.25. The summed E-state index contributed by atoms with van der Waals surface area (Å²) in [5.74, 6) is 0.994. The van der Waals surface area contributed by atoms with Crippen LogP contribution in [0.4, 0.5) is 0 Å². The highest BCUT2D eigenvalue weighted by Crippen LogP contribution is 2.27. The molecule has 0 aromatic rings. The summed E-state index contributed by atoms with van der Waals surface area (Å²) < 4.78 is 5.25. The number of hydrogen-bond donors (Lipinski definition) is 2. The molecule has 3 aliphatic rings. The first kappa shape index (κ1) is 19.9. The molecule has 2 saturated carbocycles. The molecule has 0 amide bonds. The van der Waals surface area contributed by atoms with Gasteiger partial charge in [0.25, 0.3) is 0 Å². The van der Waals surface area contributed by atoms with Gasteiger partial charge in [0, 0.05) is 58.0 Å². The molecule has 1 atom stereocenters. The maximum Gasteiger partial charge on any atom is 0.191 e. The molecule has 0 radical (unpaired) electrons. The Hall–Kier alpha value is -0.850. The fourth-order valence-corrected chi connectivity index (χ4v) is 4.43. The summed E-state index contributed by atoms with van der Waals surface area (Å²) in [6.45, 7) is 9.22. The lowest BCUT2D eigenvalue weighted by Gasteiger charge is -2.24. The molecule has 150 valence electrons. The number of nitrogens with one attached hydrogen (secondary N) is 2. The highest BCUT2D eigenvalue weighted by atomic mass is 16.5. The Balaban J connectivity index is 1.43. The first-order valence-electron chi connectivity index (χ1n) is 10.8. The molecule has 0 bridgehead atoms. The van der Waals surface area contributed by atoms with Crippen molar-refractivity contribution in [3.8, 4) is 0 Å². The normalized spacial score (nSPS) is 25.3. The first-order chi connectivity index (χ1) is 12.8. The van der Waals surface area contributed by atoms with E-state index >= 15 is 0 Å². The van der Waals surface area contributed by atoms with Crippen molar-refractivity contribution in [1.29, 1.82) is 0 Å². The molecule has 2 N–H and O–H groups in total.